The van der Waals surface area contributed by atoms with Gasteiger partial charge in [-0.3, -0.25) is 9.59 Å². The lowest BCUT2D eigenvalue weighted by molar-refractivity contribution is -0.117. The summed E-state index contributed by atoms with van der Waals surface area (Å²) >= 11 is 6.05. The highest BCUT2D eigenvalue weighted by Gasteiger charge is 2.12. The molecule has 0 bridgehead atoms. The maximum Gasteiger partial charge on any atom is 0.251 e. The predicted molar refractivity (Wildman–Crippen MR) is 83.1 cm³/mol. The molecule has 0 radical (unpaired) electrons. The molecule has 2 heterocycles. The van der Waals surface area contributed by atoms with Gasteiger partial charge >= 0.3 is 0 Å². The standard InChI is InChI=1S/C14H11ClN6O2/c15-8-1-2-12(21-6-9(19-20-21)4-13(16)22)10(3-8)11-5-14(23)18-7-17-11/h1-3,5-7H,4H2,(H2,16,22)(H,17,18,23). The van der Waals surface area contributed by atoms with Gasteiger partial charge in [-0.15, -0.1) is 5.10 Å². The molecule has 0 aliphatic carbocycles. The average Bonchev–Trinajstić information content (AvgIpc) is 2.94. The van der Waals surface area contributed by atoms with E-state index in [1.807, 2.05) is 0 Å². The number of halogens is 1. The first-order chi connectivity index (χ1) is 11.0. The third kappa shape index (κ3) is 3.27. The van der Waals surface area contributed by atoms with Gasteiger partial charge in [0.05, 0.1) is 36.0 Å². The van der Waals surface area contributed by atoms with Crippen molar-refractivity contribution in [2.75, 3.05) is 0 Å². The van der Waals surface area contributed by atoms with Crippen molar-refractivity contribution < 1.29 is 4.79 Å². The number of aromatic nitrogens is 5. The van der Waals surface area contributed by atoms with E-state index in [0.29, 0.717) is 27.7 Å². The third-order valence-electron chi connectivity index (χ3n) is 3.06. The number of amides is 1. The van der Waals surface area contributed by atoms with Crippen LogP contribution >= 0.6 is 11.6 Å². The van der Waals surface area contributed by atoms with Crippen LogP contribution in [0.1, 0.15) is 5.69 Å². The van der Waals surface area contributed by atoms with E-state index in [1.54, 1.807) is 24.4 Å². The Kier molecular flexibility index (Phi) is 3.90. The SMILES string of the molecule is NC(=O)Cc1cn(-c2ccc(Cl)cc2-c2cc(=O)[nH]cn2)nn1. The van der Waals surface area contributed by atoms with Crippen molar-refractivity contribution in [3.8, 4) is 16.9 Å². The van der Waals surface area contributed by atoms with E-state index >= 15 is 0 Å². The Morgan fingerprint density at radius 3 is 2.91 bits per heavy atom. The van der Waals surface area contributed by atoms with Crippen molar-refractivity contribution in [1.82, 2.24) is 25.0 Å². The first-order valence-corrected chi connectivity index (χ1v) is 6.95. The Bertz CT molecular complexity index is 933. The van der Waals surface area contributed by atoms with Gasteiger partial charge in [-0.2, -0.15) is 0 Å². The zero-order chi connectivity index (χ0) is 16.4. The van der Waals surface area contributed by atoms with Crippen molar-refractivity contribution >= 4 is 17.5 Å². The Morgan fingerprint density at radius 1 is 1.35 bits per heavy atom. The summed E-state index contributed by atoms with van der Waals surface area (Å²) in [6.07, 6.45) is 2.89. The molecule has 0 saturated heterocycles. The molecule has 8 nitrogen and oxygen atoms in total. The van der Waals surface area contributed by atoms with Crippen LogP contribution in [0.3, 0.4) is 0 Å². The van der Waals surface area contributed by atoms with Crippen LogP contribution in [0.4, 0.5) is 0 Å². The van der Waals surface area contributed by atoms with E-state index in [4.69, 9.17) is 17.3 Å². The third-order valence-corrected chi connectivity index (χ3v) is 3.29. The van der Waals surface area contributed by atoms with Crippen molar-refractivity contribution in [1.29, 1.82) is 0 Å². The number of benzene rings is 1. The number of nitrogens with two attached hydrogens (primary N) is 1. The van der Waals surface area contributed by atoms with Crippen LogP contribution in [0.5, 0.6) is 0 Å². The van der Waals surface area contributed by atoms with Gasteiger partial charge in [-0.1, -0.05) is 16.8 Å². The number of carbonyl (C=O) groups is 1. The summed E-state index contributed by atoms with van der Waals surface area (Å²) in [6, 6.07) is 6.44. The summed E-state index contributed by atoms with van der Waals surface area (Å²) in [6.45, 7) is 0. The zero-order valence-electron chi connectivity index (χ0n) is 11.7. The molecule has 23 heavy (non-hydrogen) atoms. The van der Waals surface area contributed by atoms with Gasteiger partial charge in [-0.25, -0.2) is 9.67 Å². The predicted octanol–water partition coefficient (Wildman–Crippen LogP) is 0.699. The van der Waals surface area contributed by atoms with Gasteiger partial charge in [0.1, 0.15) is 0 Å². The number of aromatic amines is 1. The Morgan fingerprint density at radius 2 is 2.17 bits per heavy atom. The molecule has 2 aromatic heterocycles. The normalized spacial score (nSPS) is 10.7. The molecule has 0 atom stereocenters. The zero-order valence-corrected chi connectivity index (χ0v) is 12.5. The Hall–Kier alpha value is -3.00. The molecule has 0 aliphatic rings. The lowest BCUT2D eigenvalue weighted by Crippen LogP contribution is -2.13. The summed E-state index contributed by atoms with van der Waals surface area (Å²) in [7, 11) is 0. The Balaban J connectivity index is 2.11. The number of nitrogens with zero attached hydrogens (tertiary/aromatic N) is 4. The van der Waals surface area contributed by atoms with E-state index in [0.717, 1.165) is 0 Å². The first-order valence-electron chi connectivity index (χ1n) is 6.57. The van der Waals surface area contributed by atoms with E-state index in [-0.39, 0.29) is 12.0 Å². The van der Waals surface area contributed by atoms with Crippen LogP contribution in [0.2, 0.25) is 5.02 Å². The molecular weight excluding hydrogens is 320 g/mol. The smallest absolute Gasteiger partial charge is 0.251 e. The minimum atomic E-state index is -0.496. The molecule has 0 unspecified atom stereocenters. The van der Waals surface area contributed by atoms with Crippen molar-refractivity contribution in [2.45, 2.75) is 6.42 Å². The quantitative estimate of drug-likeness (QED) is 0.729. The second-order valence-electron chi connectivity index (χ2n) is 4.76. The summed E-state index contributed by atoms with van der Waals surface area (Å²) in [4.78, 5) is 29.1. The van der Waals surface area contributed by atoms with Gasteiger partial charge < -0.3 is 10.7 Å². The Labute approximate surface area is 134 Å². The summed E-state index contributed by atoms with van der Waals surface area (Å²) in [5, 5.41) is 8.37. The lowest BCUT2D eigenvalue weighted by Gasteiger charge is -2.08. The van der Waals surface area contributed by atoms with Gasteiger partial charge in [0.2, 0.25) is 5.91 Å². The van der Waals surface area contributed by atoms with E-state index in [2.05, 4.69) is 20.3 Å². The second-order valence-corrected chi connectivity index (χ2v) is 5.19. The summed E-state index contributed by atoms with van der Waals surface area (Å²) in [5.41, 5.74) is 6.98. The maximum atomic E-state index is 11.5. The number of hydrogen-bond donors (Lipinski definition) is 2. The largest absolute Gasteiger partial charge is 0.369 e. The maximum absolute atomic E-state index is 11.5. The van der Waals surface area contributed by atoms with Crippen LogP contribution < -0.4 is 11.3 Å². The number of primary amides is 1. The molecule has 0 aliphatic heterocycles. The molecule has 0 spiro atoms. The monoisotopic (exact) mass is 330 g/mol. The highest BCUT2D eigenvalue weighted by Crippen LogP contribution is 2.27. The van der Waals surface area contributed by atoms with Crippen LogP contribution in [0.15, 0.2) is 41.6 Å². The highest BCUT2D eigenvalue weighted by atomic mass is 35.5. The molecule has 3 rings (SSSR count). The van der Waals surface area contributed by atoms with E-state index in [1.165, 1.54) is 17.1 Å². The summed E-state index contributed by atoms with van der Waals surface area (Å²) < 4.78 is 1.48. The number of rotatable bonds is 4. The van der Waals surface area contributed by atoms with Gasteiger partial charge in [0, 0.05) is 16.7 Å². The van der Waals surface area contributed by atoms with Gasteiger partial charge in [0.15, 0.2) is 0 Å². The van der Waals surface area contributed by atoms with E-state index < -0.39 is 5.91 Å². The molecule has 0 saturated carbocycles. The highest BCUT2D eigenvalue weighted by molar-refractivity contribution is 6.31. The number of carbonyl (C=O) groups excluding carboxylic acids is 1. The number of hydrogen-bond acceptors (Lipinski definition) is 5. The molecule has 1 amide bonds. The van der Waals surface area contributed by atoms with Crippen LogP contribution in [-0.2, 0) is 11.2 Å². The van der Waals surface area contributed by atoms with Gasteiger partial charge in [-0.05, 0) is 18.2 Å². The van der Waals surface area contributed by atoms with Crippen molar-refractivity contribution in [3.05, 3.63) is 57.9 Å². The molecule has 116 valence electrons. The topological polar surface area (TPSA) is 120 Å². The molecule has 1 aromatic carbocycles. The summed E-state index contributed by atoms with van der Waals surface area (Å²) in [5.74, 6) is -0.496. The average molecular weight is 331 g/mol. The molecule has 0 fully saturated rings. The minimum absolute atomic E-state index is 0.00776. The van der Waals surface area contributed by atoms with Crippen LogP contribution in [0, 0.1) is 0 Å². The van der Waals surface area contributed by atoms with Crippen molar-refractivity contribution in [2.24, 2.45) is 5.73 Å². The molecule has 9 heteroatoms. The lowest BCUT2D eigenvalue weighted by atomic mass is 10.1. The van der Waals surface area contributed by atoms with E-state index in [9.17, 15) is 9.59 Å². The molecule has 3 aromatic rings. The first kappa shape index (κ1) is 14.9. The van der Waals surface area contributed by atoms with Gasteiger partial charge in [0.25, 0.3) is 5.56 Å². The number of H-pyrrole nitrogens is 1. The molecule has 3 N–H and O–H groups in total. The fourth-order valence-corrected chi connectivity index (χ4v) is 2.28. The minimum Gasteiger partial charge on any atom is -0.369 e. The number of nitrogens with one attached hydrogen (secondary N) is 1. The van der Waals surface area contributed by atoms with Crippen molar-refractivity contribution in [3.63, 3.8) is 0 Å². The fraction of sp³-hybridized carbons (Fsp3) is 0.0714. The van der Waals surface area contributed by atoms with Crippen LogP contribution in [-0.4, -0.2) is 30.9 Å². The molecular formula is C14H11ClN6O2. The fourth-order valence-electron chi connectivity index (χ4n) is 2.10. The second kappa shape index (κ2) is 6.01. The van der Waals surface area contributed by atoms with Crippen LogP contribution in [0.25, 0.3) is 16.9 Å².